The molecular formula is C19H21N3O2S2. The minimum atomic E-state index is -0.0654. The van der Waals surface area contributed by atoms with Crippen LogP contribution < -0.4 is 5.56 Å². The molecule has 0 saturated heterocycles. The molecule has 3 aromatic heterocycles. The fourth-order valence-corrected chi connectivity index (χ4v) is 5.51. The van der Waals surface area contributed by atoms with Crippen molar-refractivity contribution >= 4 is 38.8 Å². The standard InChI is InChI=1S/C19H21N3O2S2/c1-2-16(23)22(10-12-6-5-9-25-12)11-15-20-18(24)17-13-7-3-4-8-14(13)26-19(17)21-15/h5-6,9H,2-4,7-8,10-11H2,1H3,(H,20,21,24). The number of nitrogens with one attached hydrogen (secondary N) is 1. The van der Waals surface area contributed by atoms with E-state index < -0.39 is 0 Å². The van der Waals surface area contributed by atoms with Gasteiger partial charge in [0.1, 0.15) is 10.7 Å². The lowest BCUT2D eigenvalue weighted by atomic mass is 9.97. The van der Waals surface area contributed by atoms with Crippen LogP contribution in [-0.2, 0) is 30.7 Å². The second-order valence-corrected chi connectivity index (χ2v) is 8.70. The van der Waals surface area contributed by atoms with Gasteiger partial charge in [0.15, 0.2) is 0 Å². The van der Waals surface area contributed by atoms with Crippen LogP contribution in [-0.4, -0.2) is 20.8 Å². The van der Waals surface area contributed by atoms with Crippen molar-refractivity contribution in [3.05, 3.63) is 49.0 Å². The Labute approximate surface area is 159 Å². The summed E-state index contributed by atoms with van der Waals surface area (Å²) in [6.07, 6.45) is 4.77. The fraction of sp³-hybridized carbons (Fsp3) is 0.421. The molecule has 1 aliphatic carbocycles. The van der Waals surface area contributed by atoms with Crippen molar-refractivity contribution in [1.29, 1.82) is 0 Å². The fourth-order valence-electron chi connectivity index (χ4n) is 3.51. The van der Waals surface area contributed by atoms with Crippen LogP contribution in [0.15, 0.2) is 22.3 Å². The number of aromatic amines is 1. The summed E-state index contributed by atoms with van der Waals surface area (Å²) >= 11 is 3.27. The zero-order valence-corrected chi connectivity index (χ0v) is 16.3. The number of nitrogens with zero attached hydrogens (tertiary/aromatic N) is 2. The molecule has 3 heterocycles. The average molecular weight is 388 g/mol. The minimum absolute atomic E-state index is 0.0617. The molecular weight excluding hydrogens is 366 g/mol. The second kappa shape index (κ2) is 7.32. The molecule has 0 atom stereocenters. The highest BCUT2D eigenvalue weighted by Gasteiger charge is 2.21. The van der Waals surface area contributed by atoms with Gasteiger partial charge in [0, 0.05) is 16.2 Å². The zero-order valence-electron chi connectivity index (χ0n) is 14.7. The van der Waals surface area contributed by atoms with Crippen LogP contribution in [0.4, 0.5) is 0 Å². The van der Waals surface area contributed by atoms with E-state index in [1.807, 2.05) is 24.4 Å². The first-order chi connectivity index (χ1) is 12.7. The molecule has 26 heavy (non-hydrogen) atoms. The monoisotopic (exact) mass is 387 g/mol. The van der Waals surface area contributed by atoms with Gasteiger partial charge in [0.2, 0.25) is 5.91 Å². The lowest BCUT2D eigenvalue weighted by Gasteiger charge is -2.21. The Balaban J connectivity index is 1.66. The first kappa shape index (κ1) is 17.4. The maximum Gasteiger partial charge on any atom is 0.259 e. The summed E-state index contributed by atoms with van der Waals surface area (Å²) in [6, 6.07) is 4.00. The lowest BCUT2D eigenvalue weighted by molar-refractivity contribution is -0.132. The third kappa shape index (κ3) is 3.33. The molecule has 1 aliphatic rings. The molecule has 136 valence electrons. The van der Waals surface area contributed by atoms with E-state index in [1.54, 1.807) is 27.6 Å². The van der Waals surface area contributed by atoms with Gasteiger partial charge >= 0.3 is 0 Å². The number of aromatic nitrogens is 2. The highest BCUT2D eigenvalue weighted by Crippen LogP contribution is 2.33. The highest BCUT2D eigenvalue weighted by molar-refractivity contribution is 7.18. The molecule has 3 aromatic rings. The molecule has 1 amide bonds. The first-order valence-corrected chi connectivity index (χ1v) is 10.7. The molecule has 0 radical (unpaired) electrons. The maximum absolute atomic E-state index is 12.7. The van der Waals surface area contributed by atoms with Crippen molar-refractivity contribution in [2.45, 2.75) is 52.1 Å². The number of aryl methyl sites for hydroxylation is 2. The van der Waals surface area contributed by atoms with Gasteiger partial charge in [-0.1, -0.05) is 13.0 Å². The number of carbonyl (C=O) groups excluding carboxylic acids is 1. The van der Waals surface area contributed by atoms with E-state index in [4.69, 9.17) is 4.98 Å². The topological polar surface area (TPSA) is 66.1 Å². The third-order valence-electron chi connectivity index (χ3n) is 4.80. The molecule has 1 N–H and O–H groups in total. The van der Waals surface area contributed by atoms with Gasteiger partial charge in [-0.3, -0.25) is 9.59 Å². The van der Waals surface area contributed by atoms with Crippen molar-refractivity contribution in [3.63, 3.8) is 0 Å². The van der Waals surface area contributed by atoms with Crippen LogP contribution in [0.5, 0.6) is 0 Å². The summed E-state index contributed by atoms with van der Waals surface area (Å²) in [5.41, 5.74) is 1.13. The molecule has 0 spiro atoms. The molecule has 5 nitrogen and oxygen atoms in total. The van der Waals surface area contributed by atoms with Gasteiger partial charge in [-0.15, -0.1) is 22.7 Å². The van der Waals surface area contributed by atoms with Gasteiger partial charge in [-0.2, -0.15) is 0 Å². The quantitative estimate of drug-likeness (QED) is 0.723. The molecule has 0 unspecified atom stereocenters. The predicted octanol–water partition coefficient (Wildman–Crippen LogP) is 3.86. The Kier molecular flexibility index (Phi) is 4.91. The summed E-state index contributed by atoms with van der Waals surface area (Å²) in [5.74, 6) is 0.631. The molecule has 0 saturated carbocycles. The Morgan fingerprint density at radius 2 is 2.15 bits per heavy atom. The van der Waals surface area contributed by atoms with Gasteiger partial charge in [0.05, 0.1) is 18.5 Å². The SMILES string of the molecule is CCC(=O)N(Cc1nc2sc3c(c2c(=O)[nH]1)CCCC3)Cc1cccs1. The predicted molar refractivity (Wildman–Crippen MR) is 106 cm³/mol. The summed E-state index contributed by atoms with van der Waals surface area (Å²) in [5, 5.41) is 2.77. The van der Waals surface area contributed by atoms with Crippen molar-refractivity contribution in [2.75, 3.05) is 0 Å². The third-order valence-corrected chi connectivity index (χ3v) is 6.84. The van der Waals surface area contributed by atoms with E-state index in [2.05, 4.69) is 4.98 Å². The largest absolute Gasteiger partial charge is 0.330 e. The Morgan fingerprint density at radius 3 is 2.92 bits per heavy atom. The Bertz CT molecular complexity index is 988. The van der Waals surface area contributed by atoms with E-state index in [9.17, 15) is 9.59 Å². The van der Waals surface area contributed by atoms with E-state index in [1.165, 1.54) is 16.9 Å². The Hall–Kier alpha value is -1.99. The summed E-state index contributed by atoms with van der Waals surface area (Å²) < 4.78 is 0. The lowest BCUT2D eigenvalue weighted by Crippen LogP contribution is -2.30. The minimum Gasteiger partial charge on any atom is -0.330 e. The smallest absolute Gasteiger partial charge is 0.259 e. The number of thiophene rings is 2. The number of H-pyrrole nitrogens is 1. The van der Waals surface area contributed by atoms with Crippen LogP contribution in [0.1, 0.15) is 47.3 Å². The number of fused-ring (bicyclic) bond motifs is 3. The van der Waals surface area contributed by atoms with E-state index in [0.717, 1.165) is 34.4 Å². The number of hydrogen-bond acceptors (Lipinski definition) is 5. The zero-order chi connectivity index (χ0) is 18.1. The molecule has 0 aromatic carbocycles. The van der Waals surface area contributed by atoms with Crippen LogP contribution in [0.25, 0.3) is 10.2 Å². The number of amides is 1. The van der Waals surface area contributed by atoms with E-state index >= 15 is 0 Å². The molecule has 7 heteroatoms. The number of rotatable bonds is 5. The van der Waals surface area contributed by atoms with Gasteiger partial charge in [0.25, 0.3) is 5.56 Å². The molecule has 0 aliphatic heterocycles. The first-order valence-electron chi connectivity index (χ1n) is 8.99. The molecule has 0 fully saturated rings. The average Bonchev–Trinajstić information content (AvgIpc) is 3.27. The summed E-state index contributed by atoms with van der Waals surface area (Å²) in [7, 11) is 0. The van der Waals surface area contributed by atoms with Crippen molar-refractivity contribution in [3.8, 4) is 0 Å². The van der Waals surface area contributed by atoms with Crippen molar-refractivity contribution in [1.82, 2.24) is 14.9 Å². The number of carbonyl (C=O) groups is 1. The van der Waals surface area contributed by atoms with Gasteiger partial charge < -0.3 is 9.88 Å². The van der Waals surface area contributed by atoms with Crippen LogP contribution in [0.2, 0.25) is 0 Å². The molecule has 0 bridgehead atoms. The van der Waals surface area contributed by atoms with Crippen LogP contribution in [0.3, 0.4) is 0 Å². The van der Waals surface area contributed by atoms with E-state index in [0.29, 0.717) is 25.3 Å². The maximum atomic E-state index is 12.7. The normalized spacial score (nSPS) is 13.7. The second-order valence-electron chi connectivity index (χ2n) is 6.59. The van der Waals surface area contributed by atoms with Crippen LogP contribution in [0, 0.1) is 0 Å². The summed E-state index contributed by atoms with van der Waals surface area (Å²) in [4.78, 5) is 37.7. The van der Waals surface area contributed by atoms with E-state index in [-0.39, 0.29) is 11.5 Å². The Morgan fingerprint density at radius 1 is 1.31 bits per heavy atom. The van der Waals surface area contributed by atoms with Gasteiger partial charge in [-0.05, 0) is 42.7 Å². The molecule has 4 rings (SSSR count). The number of hydrogen-bond donors (Lipinski definition) is 1. The highest BCUT2D eigenvalue weighted by atomic mass is 32.1. The van der Waals surface area contributed by atoms with Gasteiger partial charge in [-0.25, -0.2) is 4.98 Å². The van der Waals surface area contributed by atoms with Crippen LogP contribution >= 0.6 is 22.7 Å². The van der Waals surface area contributed by atoms with Crippen molar-refractivity contribution < 1.29 is 4.79 Å². The summed E-state index contributed by atoms with van der Waals surface area (Å²) in [6.45, 7) is 2.74. The van der Waals surface area contributed by atoms with Crippen molar-refractivity contribution in [2.24, 2.45) is 0 Å².